The van der Waals surface area contributed by atoms with Crippen molar-refractivity contribution < 1.29 is 4.79 Å². The van der Waals surface area contributed by atoms with Crippen LogP contribution in [0.2, 0.25) is 0 Å². The van der Waals surface area contributed by atoms with Gasteiger partial charge >= 0.3 is 0 Å². The topological polar surface area (TPSA) is 127 Å². The van der Waals surface area contributed by atoms with Gasteiger partial charge in [-0.1, -0.05) is 25.6 Å². The summed E-state index contributed by atoms with van der Waals surface area (Å²) in [5.41, 5.74) is 7.22. The van der Waals surface area contributed by atoms with E-state index < -0.39 is 0 Å². The maximum atomic E-state index is 11.3. The number of nitrogen functional groups attached to an aromatic ring is 1. The Labute approximate surface area is 102 Å². The van der Waals surface area contributed by atoms with Crippen LogP contribution in [-0.4, -0.2) is 21.1 Å². The largest absolute Gasteiger partial charge is 0.383 e. The third-order valence-electron chi connectivity index (χ3n) is 2.30. The molecule has 2 atom stereocenters. The van der Waals surface area contributed by atoms with Crippen LogP contribution in [0.25, 0.3) is 0 Å². The predicted molar refractivity (Wildman–Crippen MR) is 66.1 cm³/mol. The van der Waals surface area contributed by atoms with Crippen molar-refractivity contribution in [2.75, 3.05) is 5.73 Å². The highest BCUT2D eigenvalue weighted by atomic mass is 32.2. The number of rotatable bonds is 4. The summed E-state index contributed by atoms with van der Waals surface area (Å²) in [5, 5.41) is 0.294. The molecule has 1 aromatic heterocycles. The van der Waals surface area contributed by atoms with Gasteiger partial charge < -0.3 is 10.7 Å². The Bertz CT molecular complexity index is 461. The molecule has 94 valence electrons. The van der Waals surface area contributed by atoms with Gasteiger partial charge in [0.2, 0.25) is 5.91 Å². The van der Waals surface area contributed by atoms with Crippen LogP contribution in [-0.2, 0) is 4.79 Å². The SMILES string of the molecule is CC(Sc1nc(N)cc(=O)[nH]1)C(C)C(=O)NN. The zero-order chi connectivity index (χ0) is 13.0. The number of nitrogens with one attached hydrogen (secondary N) is 2. The molecule has 0 fully saturated rings. The van der Waals surface area contributed by atoms with E-state index in [1.54, 1.807) is 6.92 Å². The number of hydrogen-bond donors (Lipinski definition) is 4. The van der Waals surface area contributed by atoms with Crippen LogP contribution in [0.5, 0.6) is 0 Å². The van der Waals surface area contributed by atoms with E-state index in [4.69, 9.17) is 11.6 Å². The number of nitrogens with zero attached hydrogens (tertiary/aromatic N) is 1. The molecule has 1 aromatic rings. The Morgan fingerprint density at radius 3 is 2.76 bits per heavy atom. The minimum atomic E-state index is -0.317. The van der Waals surface area contributed by atoms with E-state index in [1.807, 2.05) is 6.92 Å². The van der Waals surface area contributed by atoms with Crippen molar-refractivity contribution >= 4 is 23.5 Å². The molecule has 17 heavy (non-hydrogen) atoms. The lowest BCUT2D eigenvalue weighted by Crippen LogP contribution is -2.38. The van der Waals surface area contributed by atoms with Gasteiger partial charge in [-0.15, -0.1) is 0 Å². The van der Waals surface area contributed by atoms with Crippen LogP contribution < -0.4 is 22.6 Å². The molecular weight excluding hydrogens is 242 g/mol. The number of aromatic amines is 1. The van der Waals surface area contributed by atoms with Gasteiger partial charge in [-0.25, -0.2) is 10.8 Å². The van der Waals surface area contributed by atoms with Crippen molar-refractivity contribution in [1.82, 2.24) is 15.4 Å². The highest BCUT2D eigenvalue weighted by Gasteiger charge is 2.21. The van der Waals surface area contributed by atoms with Gasteiger partial charge in [-0.05, 0) is 0 Å². The quantitative estimate of drug-likeness (QED) is 0.189. The fraction of sp³-hybridized carbons (Fsp3) is 0.444. The molecule has 7 nitrogen and oxygen atoms in total. The smallest absolute Gasteiger partial charge is 0.253 e. The number of amides is 1. The van der Waals surface area contributed by atoms with Gasteiger partial charge in [0.1, 0.15) is 5.82 Å². The number of nitrogens with two attached hydrogens (primary N) is 2. The first-order chi connectivity index (χ1) is 7.93. The predicted octanol–water partition coefficient (Wildman–Crippen LogP) is -0.541. The summed E-state index contributed by atoms with van der Waals surface area (Å²) in [6.45, 7) is 3.58. The fourth-order valence-electron chi connectivity index (χ4n) is 1.13. The molecule has 0 saturated carbocycles. The number of aromatic nitrogens is 2. The van der Waals surface area contributed by atoms with E-state index in [-0.39, 0.29) is 28.5 Å². The monoisotopic (exact) mass is 257 g/mol. The van der Waals surface area contributed by atoms with Crippen molar-refractivity contribution in [2.24, 2.45) is 11.8 Å². The molecule has 0 aliphatic carbocycles. The number of carbonyl (C=O) groups is 1. The second kappa shape index (κ2) is 5.69. The Hall–Kier alpha value is -1.54. The Balaban J connectivity index is 2.77. The number of thioether (sulfide) groups is 1. The lowest BCUT2D eigenvalue weighted by Gasteiger charge is -2.16. The third-order valence-corrected chi connectivity index (χ3v) is 3.49. The first-order valence-corrected chi connectivity index (χ1v) is 5.86. The van der Waals surface area contributed by atoms with Gasteiger partial charge in [0.05, 0.1) is 0 Å². The molecule has 0 bridgehead atoms. The van der Waals surface area contributed by atoms with E-state index >= 15 is 0 Å². The molecular formula is C9H15N5O2S. The van der Waals surface area contributed by atoms with E-state index in [2.05, 4.69) is 15.4 Å². The van der Waals surface area contributed by atoms with Crippen molar-refractivity contribution in [3.63, 3.8) is 0 Å². The molecule has 0 aliphatic heterocycles. The molecule has 0 aromatic carbocycles. The summed E-state index contributed by atoms with van der Waals surface area (Å²) in [5.74, 6) is 4.63. The minimum Gasteiger partial charge on any atom is -0.383 e. The summed E-state index contributed by atoms with van der Waals surface area (Å²) >= 11 is 1.26. The number of carbonyl (C=O) groups excluding carboxylic acids is 1. The first kappa shape index (κ1) is 13.5. The second-order valence-electron chi connectivity index (χ2n) is 3.60. The normalized spacial score (nSPS) is 14.1. The van der Waals surface area contributed by atoms with Crippen LogP contribution in [0.1, 0.15) is 13.8 Å². The second-order valence-corrected chi connectivity index (χ2v) is 4.96. The number of hydrogen-bond acceptors (Lipinski definition) is 6. The van der Waals surface area contributed by atoms with E-state index in [1.165, 1.54) is 17.8 Å². The Morgan fingerprint density at radius 2 is 2.24 bits per heavy atom. The zero-order valence-electron chi connectivity index (χ0n) is 9.56. The Morgan fingerprint density at radius 1 is 1.59 bits per heavy atom. The lowest BCUT2D eigenvalue weighted by molar-refractivity contribution is -0.124. The molecule has 0 saturated heterocycles. The van der Waals surface area contributed by atoms with Crippen molar-refractivity contribution in [3.05, 3.63) is 16.4 Å². The van der Waals surface area contributed by atoms with E-state index in [0.29, 0.717) is 5.16 Å². The molecule has 8 heteroatoms. The van der Waals surface area contributed by atoms with Gasteiger partial charge in [0.25, 0.3) is 5.56 Å². The van der Waals surface area contributed by atoms with E-state index in [0.717, 1.165) is 0 Å². The summed E-state index contributed by atoms with van der Waals surface area (Å²) in [4.78, 5) is 29.0. The van der Waals surface area contributed by atoms with Crippen LogP contribution in [0.3, 0.4) is 0 Å². The average Bonchev–Trinajstić information content (AvgIpc) is 2.25. The zero-order valence-corrected chi connectivity index (χ0v) is 10.4. The summed E-state index contributed by atoms with van der Waals surface area (Å²) in [6, 6.07) is 1.20. The lowest BCUT2D eigenvalue weighted by atomic mass is 10.1. The molecule has 0 radical (unpaired) electrons. The number of H-pyrrole nitrogens is 1. The first-order valence-electron chi connectivity index (χ1n) is 4.98. The molecule has 1 rings (SSSR count). The van der Waals surface area contributed by atoms with Gasteiger partial charge in [0.15, 0.2) is 5.16 Å². The van der Waals surface area contributed by atoms with Gasteiger partial charge in [-0.2, -0.15) is 0 Å². The average molecular weight is 257 g/mol. The summed E-state index contributed by atoms with van der Waals surface area (Å²) in [6.07, 6.45) is 0. The molecule has 0 aliphatic rings. The highest BCUT2D eigenvalue weighted by Crippen LogP contribution is 2.24. The van der Waals surface area contributed by atoms with E-state index in [9.17, 15) is 9.59 Å². The minimum absolute atomic E-state index is 0.0940. The van der Waals surface area contributed by atoms with Gasteiger partial charge in [-0.3, -0.25) is 15.0 Å². The molecule has 0 spiro atoms. The van der Waals surface area contributed by atoms with Crippen LogP contribution in [0.4, 0.5) is 5.82 Å². The van der Waals surface area contributed by atoms with Crippen LogP contribution >= 0.6 is 11.8 Å². The number of anilines is 1. The number of hydrazine groups is 1. The molecule has 6 N–H and O–H groups in total. The third kappa shape index (κ3) is 3.75. The molecule has 1 heterocycles. The van der Waals surface area contributed by atoms with Crippen LogP contribution in [0.15, 0.2) is 16.0 Å². The highest BCUT2D eigenvalue weighted by molar-refractivity contribution is 7.99. The fourth-order valence-corrected chi connectivity index (χ4v) is 2.13. The maximum absolute atomic E-state index is 11.3. The standard InChI is InChI=1S/C9H15N5O2S/c1-4(8(16)14-11)5(2)17-9-12-6(10)3-7(15)13-9/h3-5H,11H2,1-2H3,(H,14,16)(H3,10,12,13,15). The van der Waals surface area contributed by atoms with Crippen LogP contribution in [0, 0.1) is 5.92 Å². The van der Waals surface area contributed by atoms with Gasteiger partial charge in [0, 0.05) is 17.2 Å². The van der Waals surface area contributed by atoms with Crippen molar-refractivity contribution in [2.45, 2.75) is 24.3 Å². The maximum Gasteiger partial charge on any atom is 0.253 e. The summed E-state index contributed by atoms with van der Waals surface area (Å²) in [7, 11) is 0. The van der Waals surface area contributed by atoms with Crippen molar-refractivity contribution in [3.8, 4) is 0 Å². The molecule has 2 unspecified atom stereocenters. The summed E-state index contributed by atoms with van der Waals surface area (Å²) < 4.78 is 0. The molecule has 1 amide bonds. The Kier molecular flexibility index (Phi) is 4.53. The van der Waals surface area contributed by atoms with Crippen molar-refractivity contribution in [1.29, 1.82) is 0 Å².